The molecule has 2 aromatic carbocycles. The summed E-state index contributed by atoms with van der Waals surface area (Å²) in [6.07, 6.45) is 5.70. The first kappa shape index (κ1) is 52.9. The summed E-state index contributed by atoms with van der Waals surface area (Å²) in [6.45, 7) is 19.6. The Labute approximate surface area is 424 Å². The summed E-state index contributed by atoms with van der Waals surface area (Å²) < 4.78 is 16.0. The number of fused-ring (bicyclic) bond motifs is 2. The Balaban J connectivity index is 0.840. The van der Waals surface area contributed by atoms with Gasteiger partial charge in [0, 0.05) is 101 Å². The second kappa shape index (κ2) is 22.4. The van der Waals surface area contributed by atoms with E-state index in [4.69, 9.17) is 9.47 Å². The van der Waals surface area contributed by atoms with E-state index in [1.807, 2.05) is 77.9 Å². The SMILES string of the molecule is Cc1cccc2c1cc(C(=O)NCC1CCN(CC3(OC(=O)C(=O)OC4(CN5CCC(CNC(=O)c6cc7c(C)cccc7n(C(C)C)c6=O)CC5)CCN(C)CC4)CCN(C)CC3)CC1)c(=O)n2C(C)C. The van der Waals surface area contributed by atoms with Crippen LogP contribution in [-0.4, -0.2) is 156 Å². The molecule has 0 bridgehead atoms. The van der Waals surface area contributed by atoms with Gasteiger partial charge < -0.3 is 39.0 Å². The van der Waals surface area contributed by atoms with Gasteiger partial charge in [0.1, 0.15) is 22.3 Å². The number of carbonyl (C=O) groups excluding carboxylic acids is 4. The number of benzene rings is 2. The van der Waals surface area contributed by atoms with Crippen LogP contribution in [0.2, 0.25) is 0 Å². The lowest BCUT2D eigenvalue weighted by atomic mass is 9.88. The van der Waals surface area contributed by atoms with E-state index in [0.717, 1.165) is 111 Å². The van der Waals surface area contributed by atoms with Gasteiger partial charge in [0.25, 0.3) is 22.9 Å². The number of piperidine rings is 4. The van der Waals surface area contributed by atoms with Gasteiger partial charge in [-0.3, -0.25) is 29.0 Å². The second-order valence-corrected chi connectivity index (χ2v) is 22.3. The number of aryl methyl sites for hydroxylation is 2. The van der Waals surface area contributed by atoms with Crippen molar-refractivity contribution in [1.82, 2.24) is 39.4 Å². The minimum atomic E-state index is -0.938. The molecule has 6 heterocycles. The van der Waals surface area contributed by atoms with Crippen molar-refractivity contribution in [3.8, 4) is 0 Å². The predicted octanol–water partition coefficient (Wildman–Crippen LogP) is 5.69. The molecule has 4 saturated heterocycles. The van der Waals surface area contributed by atoms with Gasteiger partial charge in [-0.1, -0.05) is 24.3 Å². The molecule has 0 radical (unpaired) electrons. The summed E-state index contributed by atoms with van der Waals surface area (Å²) in [5.74, 6) is -2.15. The van der Waals surface area contributed by atoms with E-state index in [0.29, 0.717) is 51.9 Å². The van der Waals surface area contributed by atoms with E-state index in [1.54, 1.807) is 21.3 Å². The fraction of sp³-hybridized carbons (Fsp3) is 0.607. The summed E-state index contributed by atoms with van der Waals surface area (Å²) in [5, 5.41) is 7.93. The molecule has 4 fully saturated rings. The zero-order valence-electron chi connectivity index (χ0n) is 44.0. The van der Waals surface area contributed by atoms with Crippen LogP contribution in [-0.2, 0) is 19.1 Å². The minimum Gasteiger partial charge on any atom is -0.449 e. The number of hydrogen-bond donors (Lipinski definition) is 2. The first-order chi connectivity index (χ1) is 34.3. The third kappa shape index (κ3) is 11.8. The third-order valence-corrected chi connectivity index (χ3v) is 16.2. The number of ether oxygens (including phenoxy) is 2. The smallest absolute Gasteiger partial charge is 0.418 e. The number of amides is 2. The zero-order valence-corrected chi connectivity index (χ0v) is 44.0. The summed E-state index contributed by atoms with van der Waals surface area (Å²) >= 11 is 0. The quantitative estimate of drug-likeness (QED) is 0.117. The monoisotopic (exact) mass is 991 g/mol. The average molecular weight is 991 g/mol. The summed E-state index contributed by atoms with van der Waals surface area (Å²) in [7, 11) is 4.11. The van der Waals surface area contributed by atoms with E-state index in [2.05, 4.69) is 44.3 Å². The lowest BCUT2D eigenvalue weighted by Gasteiger charge is -2.45. The van der Waals surface area contributed by atoms with Gasteiger partial charge in [-0.15, -0.1) is 0 Å². The molecule has 0 atom stereocenters. The van der Waals surface area contributed by atoms with Gasteiger partial charge in [0.2, 0.25) is 0 Å². The van der Waals surface area contributed by atoms with Gasteiger partial charge in [0.15, 0.2) is 0 Å². The Morgan fingerprint density at radius 1 is 0.569 bits per heavy atom. The van der Waals surface area contributed by atoms with Crippen molar-refractivity contribution >= 4 is 45.6 Å². The number of hydrogen-bond acceptors (Lipinski definition) is 12. The van der Waals surface area contributed by atoms with Crippen molar-refractivity contribution in [3.05, 3.63) is 91.5 Å². The second-order valence-electron chi connectivity index (χ2n) is 22.3. The van der Waals surface area contributed by atoms with Crippen LogP contribution >= 0.6 is 0 Å². The Morgan fingerprint density at radius 3 is 1.25 bits per heavy atom. The minimum absolute atomic E-state index is 0.106. The standard InChI is InChI=1S/C56H78N8O8/c1-37(2)63-47-13-9-11-39(5)43(47)31-45(51(63)67)49(65)57-33-41-15-23-61(24-16-41)35-55(19-27-59(7)28-20-55)71-53(69)54(70)72-56(21-29-60(8)30-22-56)36-62-25-17-42(18-26-62)34-58-50(66)46-32-44-40(6)12-10-14-48(44)64(38(3)4)52(46)68/h9-14,31-32,37-38,41-42H,15-30,33-36H2,1-8H3,(H,57,65)(H,58,66). The van der Waals surface area contributed by atoms with Crippen LogP contribution in [0.4, 0.5) is 0 Å². The molecule has 0 saturated carbocycles. The van der Waals surface area contributed by atoms with Crippen LogP contribution in [0.1, 0.15) is 123 Å². The highest BCUT2D eigenvalue weighted by Crippen LogP contribution is 2.33. The van der Waals surface area contributed by atoms with Crippen LogP contribution in [0.3, 0.4) is 0 Å². The van der Waals surface area contributed by atoms with Gasteiger partial charge in [-0.25, -0.2) is 9.59 Å². The maximum atomic E-state index is 14.0. The van der Waals surface area contributed by atoms with Crippen molar-refractivity contribution in [2.45, 2.75) is 116 Å². The zero-order chi connectivity index (χ0) is 51.5. The molecule has 4 aliphatic rings. The predicted molar refractivity (Wildman–Crippen MR) is 281 cm³/mol. The molecule has 390 valence electrons. The lowest BCUT2D eigenvalue weighted by Crippen LogP contribution is -2.56. The van der Waals surface area contributed by atoms with Crippen LogP contribution in [0.15, 0.2) is 58.1 Å². The van der Waals surface area contributed by atoms with Crippen molar-refractivity contribution in [2.75, 3.05) is 92.6 Å². The van der Waals surface area contributed by atoms with Crippen LogP contribution < -0.4 is 21.8 Å². The van der Waals surface area contributed by atoms with E-state index in [9.17, 15) is 28.8 Å². The Kier molecular flexibility index (Phi) is 16.4. The van der Waals surface area contributed by atoms with E-state index < -0.39 is 23.1 Å². The highest BCUT2D eigenvalue weighted by atomic mass is 16.6. The molecular weight excluding hydrogens is 913 g/mol. The first-order valence-corrected chi connectivity index (χ1v) is 26.5. The number of aromatic nitrogens is 2. The Hall–Kier alpha value is -5.42. The molecule has 2 aromatic heterocycles. The fourth-order valence-electron chi connectivity index (χ4n) is 11.7. The summed E-state index contributed by atoms with van der Waals surface area (Å²) in [6, 6.07) is 14.9. The molecule has 2 amide bonds. The maximum absolute atomic E-state index is 14.0. The fourth-order valence-corrected chi connectivity index (χ4v) is 11.7. The number of likely N-dealkylation sites (tertiary alicyclic amines) is 4. The molecule has 0 aliphatic carbocycles. The normalized spacial score (nSPS) is 19.8. The number of esters is 2. The van der Waals surface area contributed by atoms with Gasteiger partial charge in [-0.2, -0.15) is 0 Å². The summed E-state index contributed by atoms with van der Waals surface area (Å²) in [4.78, 5) is 91.2. The molecule has 16 nitrogen and oxygen atoms in total. The first-order valence-electron chi connectivity index (χ1n) is 26.5. The largest absolute Gasteiger partial charge is 0.449 e. The van der Waals surface area contributed by atoms with E-state index >= 15 is 0 Å². The Bertz CT molecular complexity index is 2560. The number of rotatable bonds is 14. The van der Waals surface area contributed by atoms with Crippen molar-refractivity contribution in [1.29, 1.82) is 0 Å². The topological polar surface area (TPSA) is 168 Å². The number of nitrogens with one attached hydrogen (secondary N) is 2. The number of carbonyl (C=O) groups is 4. The Morgan fingerprint density at radius 2 is 0.917 bits per heavy atom. The van der Waals surface area contributed by atoms with E-state index in [-0.39, 0.29) is 58.0 Å². The molecule has 16 heteroatoms. The number of pyridine rings is 2. The lowest BCUT2D eigenvalue weighted by molar-refractivity contribution is -0.194. The van der Waals surface area contributed by atoms with Crippen molar-refractivity contribution in [3.63, 3.8) is 0 Å². The summed E-state index contributed by atoms with van der Waals surface area (Å²) in [5.41, 5.74) is 1.71. The van der Waals surface area contributed by atoms with Crippen LogP contribution in [0.25, 0.3) is 21.8 Å². The van der Waals surface area contributed by atoms with Gasteiger partial charge >= 0.3 is 11.9 Å². The average Bonchev–Trinajstić information content (AvgIpc) is 3.35. The number of nitrogens with zero attached hydrogens (tertiary/aromatic N) is 6. The van der Waals surface area contributed by atoms with Crippen molar-refractivity contribution in [2.24, 2.45) is 11.8 Å². The third-order valence-electron chi connectivity index (χ3n) is 16.2. The maximum Gasteiger partial charge on any atom is 0.418 e. The molecule has 2 N–H and O–H groups in total. The molecule has 0 unspecified atom stereocenters. The van der Waals surface area contributed by atoms with Gasteiger partial charge in [-0.05, 0) is 155 Å². The highest BCUT2D eigenvalue weighted by molar-refractivity contribution is 6.30. The molecule has 72 heavy (non-hydrogen) atoms. The highest BCUT2D eigenvalue weighted by Gasteiger charge is 2.45. The molecule has 4 aromatic rings. The van der Waals surface area contributed by atoms with Crippen LogP contribution in [0, 0.1) is 25.7 Å². The van der Waals surface area contributed by atoms with E-state index in [1.165, 1.54) is 0 Å². The van der Waals surface area contributed by atoms with Crippen LogP contribution in [0.5, 0.6) is 0 Å². The van der Waals surface area contributed by atoms with Crippen molar-refractivity contribution < 1.29 is 28.7 Å². The molecular formula is C56H78N8O8. The molecule has 8 rings (SSSR count). The molecule has 0 spiro atoms. The van der Waals surface area contributed by atoms with Gasteiger partial charge in [0.05, 0.1) is 11.0 Å². The molecule has 4 aliphatic heterocycles.